The van der Waals surface area contributed by atoms with Crippen LogP contribution in [0, 0.1) is 5.95 Å². The van der Waals surface area contributed by atoms with Crippen molar-refractivity contribution in [3.05, 3.63) is 34.8 Å². The molecule has 2 aliphatic rings. The van der Waals surface area contributed by atoms with Gasteiger partial charge in [0.25, 0.3) is 0 Å². The number of anilines is 1. The van der Waals surface area contributed by atoms with Crippen LogP contribution < -0.4 is 10.2 Å². The van der Waals surface area contributed by atoms with Crippen molar-refractivity contribution < 1.29 is 13.9 Å². The van der Waals surface area contributed by atoms with Gasteiger partial charge in [-0.2, -0.15) is 4.39 Å². The highest BCUT2D eigenvalue weighted by atomic mass is 79.9. The van der Waals surface area contributed by atoms with Gasteiger partial charge in [-0.25, -0.2) is 9.98 Å². The minimum atomic E-state index is -0.446. The fourth-order valence-electron chi connectivity index (χ4n) is 3.32. The van der Waals surface area contributed by atoms with Gasteiger partial charge in [0, 0.05) is 50.0 Å². The summed E-state index contributed by atoms with van der Waals surface area (Å²) in [6.45, 7) is 9.13. The number of nitrogens with zero attached hydrogens (tertiary/aromatic N) is 4. The van der Waals surface area contributed by atoms with Gasteiger partial charge < -0.3 is 24.6 Å². The first-order chi connectivity index (χ1) is 14.1. The molecule has 3 heterocycles. The highest BCUT2D eigenvalue weighted by molar-refractivity contribution is 8.93. The molecule has 1 N–H and O–H groups in total. The largest absolute Gasteiger partial charge is 0.496 e. The number of methoxy groups -OCH3 is 1. The summed E-state index contributed by atoms with van der Waals surface area (Å²) in [6, 6.07) is 5.06. The smallest absolute Gasteiger partial charge is 0.214 e. The van der Waals surface area contributed by atoms with Crippen LogP contribution in [0.5, 0.6) is 0 Å². The van der Waals surface area contributed by atoms with E-state index in [1.807, 2.05) is 24.8 Å². The Morgan fingerprint density at radius 1 is 1.37 bits per heavy atom. The molecule has 1 aromatic rings. The third kappa shape index (κ3) is 7.02. The van der Waals surface area contributed by atoms with Crippen molar-refractivity contribution in [2.75, 3.05) is 63.7 Å². The summed E-state index contributed by atoms with van der Waals surface area (Å²) in [6.07, 6.45) is 0. The summed E-state index contributed by atoms with van der Waals surface area (Å²) in [5.41, 5.74) is 0. The zero-order valence-electron chi connectivity index (χ0n) is 17.8. The quantitative estimate of drug-likeness (QED) is 0.363. The Balaban J connectivity index is 0.00000320. The monoisotopic (exact) mass is 503 g/mol. The second kappa shape index (κ2) is 12.4. The second-order valence-corrected chi connectivity index (χ2v) is 8.30. The van der Waals surface area contributed by atoms with Crippen LogP contribution in [0.25, 0.3) is 0 Å². The molecule has 0 aromatic carbocycles. The van der Waals surface area contributed by atoms with E-state index >= 15 is 0 Å². The molecule has 1 unspecified atom stereocenters. The summed E-state index contributed by atoms with van der Waals surface area (Å²) in [4.78, 5) is 14.4. The average molecular weight is 504 g/mol. The number of hydrogen-bond acceptors (Lipinski definition) is 6. The predicted molar refractivity (Wildman–Crippen MR) is 126 cm³/mol. The van der Waals surface area contributed by atoms with E-state index in [1.54, 1.807) is 13.2 Å². The lowest BCUT2D eigenvalue weighted by molar-refractivity contribution is 0.177. The number of piperazine rings is 1. The maximum atomic E-state index is 13.4. The molecule has 30 heavy (non-hydrogen) atoms. The van der Waals surface area contributed by atoms with Crippen LogP contribution in [0.15, 0.2) is 33.9 Å². The van der Waals surface area contributed by atoms with Crippen LogP contribution in [-0.2, 0) is 9.47 Å². The molecule has 1 saturated heterocycles. The molecule has 0 saturated carbocycles. The molecule has 0 amide bonds. The van der Waals surface area contributed by atoms with Crippen molar-refractivity contribution in [3.8, 4) is 0 Å². The van der Waals surface area contributed by atoms with Crippen molar-refractivity contribution in [1.29, 1.82) is 0 Å². The number of ether oxygens (including phenoxy) is 2. The van der Waals surface area contributed by atoms with Crippen molar-refractivity contribution in [1.82, 2.24) is 15.2 Å². The van der Waals surface area contributed by atoms with Crippen LogP contribution >= 0.6 is 28.7 Å². The number of allylic oxidation sites excluding steroid dienone is 1. The standard InChI is InChI=1S/C20H30FN5O2S.BrH/c1-15(14-27-3)23-20(22-13-17-16(2)28-11-12-29-17)26-9-7-25(8-10-26)19-6-4-5-18(21)24-19;/h4-6,15H,7-14H2,1-3H3,(H,22,23);1H. The van der Waals surface area contributed by atoms with E-state index < -0.39 is 5.95 Å². The van der Waals surface area contributed by atoms with E-state index in [2.05, 4.69) is 27.0 Å². The zero-order valence-corrected chi connectivity index (χ0v) is 20.3. The lowest BCUT2D eigenvalue weighted by Crippen LogP contribution is -2.54. The first kappa shape index (κ1) is 24.7. The molecule has 10 heteroatoms. The average Bonchev–Trinajstić information content (AvgIpc) is 2.72. The van der Waals surface area contributed by atoms with E-state index in [9.17, 15) is 4.39 Å². The van der Waals surface area contributed by atoms with Crippen LogP contribution in [0.1, 0.15) is 13.8 Å². The summed E-state index contributed by atoms with van der Waals surface area (Å²) in [5.74, 6) is 3.03. The molecule has 7 nitrogen and oxygen atoms in total. The minimum Gasteiger partial charge on any atom is -0.496 e. The maximum absolute atomic E-state index is 13.4. The summed E-state index contributed by atoms with van der Waals surface area (Å²) < 4.78 is 24.4. The zero-order chi connectivity index (χ0) is 20.6. The Kier molecular flexibility index (Phi) is 10.2. The van der Waals surface area contributed by atoms with Gasteiger partial charge in [-0.15, -0.1) is 28.7 Å². The van der Waals surface area contributed by atoms with Gasteiger partial charge in [0.2, 0.25) is 5.95 Å². The number of guanidine groups is 1. The van der Waals surface area contributed by atoms with Crippen LogP contribution in [-0.4, -0.2) is 80.7 Å². The van der Waals surface area contributed by atoms with Gasteiger partial charge >= 0.3 is 0 Å². The van der Waals surface area contributed by atoms with Crippen molar-refractivity contribution in [2.45, 2.75) is 19.9 Å². The lowest BCUT2D eigenvalue weighted by atomic mass is 10.3. The van der Waals surface area contributed by atoms with Crippen LogP contribution in [0.4, 0.5) is 10.2 Å². The highest BCUT2D eigenvalue weighted by Gasteiger charge is 2.22. The molecule has 0 aliphatic carbocycles. The lowest BCUT2D eigenvalue weighted by Gasteiger charge is -2.38. The van der Waals surface area contributed by atoms with Gasteiger partial charge in [0.05, 0.1) is 19.8 Å². The Bertz CT molecular complexity index is 744. The van der Waals surface area contributed by atoms with Crippen molar-refractivity contribution >= 4 is 40.5 Å². The number of hydrogen-bond donors (Lipinski definition) is 1. The first-order valence-electron chi connectivity index (χ1n) is 9.94. The van der Waals surface area contributed by atoms with Gasteiger partial charge in [-0.3, -0.25) is 0 Å². The second-order valence-electron chi connectivity index (χ2n) is 7.11. The number of rotatable bonds is 6. The van der Waals surface area contributed by atoms with Gasteiger partial charge in [0.15, 0.2) is 5.96 Å². The van der Waals surface area contributed by atoms with Crippen molar-refractivity contribution in [2.24, 2.45) is 4.99 Å². The number of aliphatic imine (C=N–C) groups is 1. The molecule has 1 aromatic heterocycles. The van der Waals surface area contributed by atoms with Gasteiger partial charge in [-0.05, 0) is 26.0 Å². The first-order valence-corrected chi connectivity index (χ1v) is 10.9. The Labute approximate surface area is 192 Å². The Morgan fingerprint density at radius 3 is 2.80 bits per heavy atom. The van der Waals surface area contributed by atoms with Crippen LogP contribution in [0.2, 0.25) is 0 Å². The third-order valence-corrected chi connectivity index (χ3v) is 5.97. The number of thioether (sulfide) groups is 1. The number of halogens is 2. The minimum absolute atomic E-state index is 0. The molecule has 3 rings (SSSR count). The van der Waals surface area contributed by atoms with Crippen molar-refractivity contribution in [3.63, 3.8) is 0 Å². The molecule has 2 aliphatic heterocycles. The molecular weight excluding hydrogens is 473 g/mol. The maximum Gasteiger partial charge on any atom is 0.214 e. The van der Waals surface area contributed by atoms with Gasteiger partial charge in [0.1, 0.15) is 11.6 Å². The molecule has 1 atom stereocenters. The Hall–Kier alpha value is -1.52. The molecule has 0 bridgehead atoms. The summed E-state index contributed by atoms with van der Waals surface area (Å²) in [5, 5.41) is 3.49. The topological polar surface area (TPSA) is 62.2 Å². The molecule has 168 valence electrons. The predicted octanol–water partition coefficient (Wildman–Crippen LogP) is 2.90. The SMILES string of the molecule is Br.COCC(C)NC(=NCC1=C(C)OCCS1)N1CCN(c2cccc(F)n2)CC1. The van der Waals surface area contributed by atoms with E-state index in [0.717, 1.165) is 50.3 Å². The Morgan fingerprint density at radius 2 is 2.13 bits per heavy atom. The fraction of sp³-hybridized carbons (Fsp3) is 0.600. The highest BCUT2D eigenvalue weighted by Crippen LogP contribution is 2.25. The fourth-order valence-corrected chi connectivity index (χ4v) is 4.15. The van der Waals surface area contributed by atoms with E-state index in [-0.39, 0.29) is 23.0 Å². The summed E-state index contributed by atoms with van der Waals surface area (Å²) in [7, 11) is 1.70. The summed E-state index contributed by atoms with van der Waals surface area (Å²) >= 11 is 1.81. The molecule has 0 radical (unpaired) electrons. The van der Waals surface area contributed by atoms with Gasteiger partial charge in [-0.1, -0.05) is 6.07 Å². The third-order valence-electron chi connectivity index (χ3n) is 4.84. The van der Waals surface area contributed by atoms with E-state index in [0.29, 0.717) is 19.0 Å². The van der Waals surface area contributed by atoms with E-state index in [1.165, 1.54) is 11.0 Å². The van der Waals surface area contributed by atoms with Crippen LogP contribution in [0.3, 0.4) is 0 Å². The number of pyridine rings is 1. The number of nitrogens with one attached hydrogen (secondary N) is 1. The molecule has 1 fully saturated rings. The van der Waals surface area contributed by atoms with E-state index in [4.69, 9.17) is 14.5 Å². The number of aromatic nitrogens is 1. The molecule has 0 spiro atoms. The molecular formula is C20H31BrFN5O2S. The normalized spacial score (nSPS) is 18.6.